The lowest BCUT2D eigenvalue weighted by atomic mass is 9.79. The SMILES string of the molecule is NC1CNC=CC1C1CCN(C2COC2)CC1. The Balaban J connectivity index is 1.53. The molecule has 3 heterocycles. The molecule has 0 radical (unpaired) electrons. The van der Waals surface area contributed by atoms with Crippen molar-refractivity contribution < 1.29 is 4.74 Å². The highest BCUT2D eigenvalue weighted by molar-refractivity contribution is 5.02. The number of hydrogen-bond acceptors (Lipinski definition) is 4. The molecule has 0 aromatic heterocycles. The second kappa shape index (κ2) is 4.96. The third kappa shape index (κ3) is 2.34. The van der Waals surface area contributed by atoms with Crippen LogP contribution in [0, 0.1) is 11.8 Å². The molecule has 0 spiro atoms. The highest BCUT2D eigenvalue weighted by Crippen LogP contribution is 2.30. The third-order valence-electron chi connectivity index (χ3n) is 4.54. The zero-order valence-electron chi connectivity index (χ0n) is 10.3. The predicted molar refractivity (Wildman–Crippen MR) is 67.5 cm³/mol. The maximum Gasteiger partial charge on any atom is 0.0645 e. The van der Waals surface area contributed by atoms with Gasteiger partial charge >= 0.3 is 0 Å². The van der Waals surface area contributed by atoms with E-state index in [2.05, 4.69) is 22.5 Å². The monoisotopic (exact) mass is 237 g/mol. The summed E-state index contributed by atoms with van der Waals surface area (Å²) in [6.45, 7) is 5.26. The summed E-state index contributed by atoms with van der Waals surface area (Å²) in [5.74, 6) is 1.36. The molecule has 17 heavy (non-hydrogen) atoms. The molecule has 2 atom stereocenters. The Hall–Kier alpha value is -0.580. The molecule has 2 fully saturated rings. The normalized spacial score (nSPS) is 36.5. The molecule has 3 rings (SSSR count). The number of rotatable bonds is 2. The maximum absolute atomic E-state index is 6.19. The predicted octanol–water partition coefficient (Wildman–Crippen LogP) is 0.158. The van der Waals surface area contributed by atoms with Crippen LogP contribution in [0.3, 0.4) is 0 Å². The van der Waals surface area contributed by atoms with Gasteiger partial charge in [-0.2, -0.15) is 0 Å². The summed E-state index contributed by atoms with van der Waals surface area (Å²) in [5, 5.41) is 3.22. The molecule has 0 aromatic rings. The van der Waals surface area contributed by atoms with E-state index in [0.29, 0.717) is 18.0 Å². The number of hydrogen-bond donors (Lipinski definition) is 2. The van der Waals surface area contributed by atoms with Crippen molar-refractivity contribution in [2.75, 3.05) is 32.8 Å². The molecule has 4 nitrogen and oxygen atoms in total. The van der Waals surface area contributed by atoms with Crippen molar-refractivity contribution in [2.45, 2.75) is 24.9 Å². The van der Waals surface area contributed by atoms with Gasteiger partial charge in [-0.25, -0.2) is 0 Å². The van der Waals surface area contributed by atoms with E-state index < -0.39 is 0 Å². The van der Waals surface area contributed by atoms with Crippen molar-refractivity contribution in [3.63, 3.8) is 0 Å². The highest BCUT2D eigenvalue weighted by atomic mass is 16.5. The van der Waals surface area contributed by atoms with E-state index in [9.17, 15) is 0 Å². The second-order valence-electron chi connectivity index (χ2n) is 5.57. The molecular formula is C13H23N3O. The summed E-state index contributed by atoms with van der Waals surface area (Å²) in [6.07, 6.45) is 6.94. The maximum atomic E-state index is 6.19. The van der Waals surface area contributed by atoms with Gasteiger partial charge in [-0.3, -0.25) is 4.90 Å². The molecular weight excluding hydrogens is 214 g/mol. The number of piperidine rings is 1. The number of nitrogens with two attached hydrogens (primary N) is 1. The van der Waals surface area contributed by atoms with Crippen LogP contribution in [-0.4, -0.2) is 49.8 Å². The summed E-state index contributed by atoms with van der Waals surface area (Å²) >= 11 is 0. The Bertz CT molecular complexity index is 282. The number of nitrogens with zero attached hydrogens (tertiary/aromatic N) is 1. The minimum atomic E-state index is 0.295. The van der Waals surface area contributed by atoms with Crippen molar-refractivity contribution in [3.05, 3.63) is 12.3 Å². The van der Waals surface area contributed by atoms with Gasteiger partial charge < -0.3 is 15.8 Å². The number of ether oxygens (including phenoxy) is 1. The van der Waals surface area contributed by atoms with E-state index in [0.717, 1.165) is 25.7 Å². The van der Waals surface area contributed by atoms with E-state index in [1.165, 1.54) is 25.9 Å². The van der Waals surface area contributed by atoms with Crippen LogP contribution >= 0.6 is 0 Å². The molecule has 0 aliphatic carbocycles. The molecule has 3 aliphatic rings. The van der Waals surface area contributed by atoms with Gasteiger partial charge in [0.1, 0.15) is 0 Å². The van der Waals surface area contributed by atoms with Crippen LogP contribution in [0.1, 0.15) is 12.8 Å². The van der Waals surface area contributed by atoms with Gasteiger partial charge in [0.05, 0.1) is 19.3 Å². The fourth-order valence-corrected chi connectivity index (χ4v) is 3.27. The molecule has 0 amide bonds. The van der Waals surface area contributed by atoms with Gasteiger partial charge in [0.25, 0.3) is 0 Å². The van der Waals surface area contributed by atoms with Gasteiger partial charge in [-0.1, -0.05) is 6.08 Å². The van der Waals surface area contributed by atoms with Crippen LogP contribution in [0.25, 0.3) is 0 Å². The van der Waals surface area contributed by atoms with Crippen LogP contribution < -0.4 is 11.1 Å². The van der Waals surface area contributed by atoms with Crippen molar-refractivity contribution in [3.8, 4) is 0 Å². The van der Waals surface area contributed by atoms with Crippen LogP contribution in [0.5, 0.6) is 0 Å². The number of likely N-dealkylation sites (tertiary alicyclic amines) is 1. The molecule has 0 bridgehead atoms. The Labute approximate surface area is 103 Å². The van der Waals surface area contributed by atoms with E-state index in [-0.39, 0.29) is 0 Å². The Morgan fingerprint density at radius 2 is 2.00 bits per heavy atom. The minimum absolute atomic E-state index is 0.295. The molecule has 3 aliphatic heterocycles. The Kier molecular flexibility index (Phi) is 3.36. The number of nitrogens with one attached hydrogen (secondary N) is 1. The van der Waals surface area contributed by atoms with Gasteiger partial charge in [0.2, 0.25) is 0 Å². The second-order valence-corrected chi connectivity index (χ2v) is 5.57. The van der Waals surface area contributed by atoms with E-state index in [1.54, 1.807) is 0 Å². The fourth-order valence-electron chi connectivity index (χ4n) is 3.27. The van der Waals surface area contributed by atoms with E-state index in [4.69, 9.17) is 10.5 Å². The van der Waals surface area contributed by atoms with Crippen molar-refractivity contribution in [1.82, 2.24) is 10.2 Å². The first-order valence-electron chi connectivity index (χ1n) is 6.82. The first kappa shape index (κ1) is 11.5. The van der Waals surface area contributed by atoms with Gasteiger partial charge in [0.15, 0.2) is 0 Å². The first-order valence-corrected chi connectivity index (χ1v) is 6.82. The van der Waals surface area contributed by atoms with Crippen LogP contribution in [0.4, 0.5) is 0 Å². The van der Waals surface area contributed by atoms with Crippen LogP contribution in [0.15, 0.2) is 12.3 Å². The zero-order chi connectivity index (χ0) is 11.7. The lowest BCUT2D eigenvalue weighted by Gasteiger charge is -2.43. The van der Waals surface area contributed by atoms with Crippen LogP contribution in [-0.2, 0) is 4.74 Å². The third-order valence-corrected chi connectivity index (χ3v) is 4.54. The van der Waals surface area contributed by atoms with Gasteiger partial charge in [0, 0.05) is 12.6 Å². The summed E-state index contributed by atoms with van der Waals surface area (Å²) < 4.78 is 5.27. The fraction of sp³-hybridized carbons (Fsp3) is 0.846. The molecule has 0 aromatic carbocycles. The van der Waals surface area contributed by atoms with Crippen molar-refractivity contribution in [2.24, 2.45) is 17.6 Å². The molecule has 0 saturated carbocycles. The summed E-state index contributed by atoms with van der Waals surface area (Å²) in [4.78, 5) is 2.59. The van der Waals surface area contributed by atoms with Crippen LogP contribution in [0.2, 0.25) is 0 Å². The lowest BCUT2D eigenvalue weighted by Crippen LogP contribution is -2.53. The largest absolute Gasteiger partial charge is 0.390 e. The average Bonchev–Trinajstić information content (AvgIpc) is 2.29. The van der Waals surface area contributed by atoms with Crippen molar-refractivity contribution in [1.29, 1.82) is 0 Å². The van der Waals surface area contributed by atoms with E-state index >= 15 is 0 Å². The summed E-state index contributed by atoms with van der Waals surface area (Å²) in [6, 6.07) is 0.997. The standard InChI is InChI=1S/C13H23N3O/c14-13-7-15-4-1-12(13)10-2-5-16(6-3-10)11-8-17-9-11/h1,4,10-13,15H,2-3,5-9,14H2. The van der Waals surface area contributed by atoms with Crippen molar-refractivity contribution >= 4 is 0 Å². The van der Waals surface area contributed by atoms with E-state index in [1.807, 2.05) is 0 Å². The summed E-state index contributed by atoms with van der Waals surface area (Å²) in [7, 11) is 0. The molecule has 2 saturated heterocycles. The minimum Gasteiger partial charge on any atom is -0.390 e. The molecule has 3 N–H and O–H groups in total. The quantitative estimate of drug-likeness (QED) is 0.718. The molecule has 4 heteroatoms. The zero-order valence-corrected chi connectivity index (χ0v) is 10.3. The molecule has 2 unspecified atom stereocenters. The first-order chi connectivity index (χ1) is 8.34. The van der Waals surface area contributed by atoms with Gasteiger partial charge in [-0.05, 0) is 44.0 Å². The highest BCUT2D eigenvalue weighted by Gasteiger charge is 2.33. The van der Waals surface area contributed by atoms with Gasteiger partial charge in [-0.15, -0.1) is 0 Å². The average molecular weight is 237 g/mol. The summed E-state index contributed by atoms with van der Waals surface area (Å²) in [5.41, 5.74) is 6.19. The smallest absolute Gasteiger partial charge is 0.0645 e. The lowest BCUT2D eigenvalue weighted by molar-refractivity contribution is -0.0755. The Morgan fingerprint density at radius 1 is 1.24 bits per heavy atom. The topological polar surface area (TPSA) is 50.5 Å². The molecule has 96 valence electrons. The Morgan fingerprint density at radius 3 is 2.59 bits per heavy atom.